The van der Waals surface area contributed by atoms with Crippen molar-refractivity contribution in [3.8, 4) is 5.75 Å². The maximum Gasteiger partial charge on any atom is 0.142 e. The van der Waals surface area contributed by atoms with E-state index in [0.717, 1.165) is 18.7 Å². The normalized spacial score (nSPS) is 10.4. The van der Waals surface area contributed by atoms with Crippen LogP contribution in [-0.4, -0.2) is 20.2 Å². The zero-order valence-corrected chi connectivity index (χ0v) is 13.1. The molecule has 2 rings (SSSR count). The third-order valence-electron chi connectivity index (χ3n) is 3.58. The van der Waals surface area contributed by atoms with Crippen LogP contribution in [0.1, 0.15) is 17.5 Å². The predicted octanol–water partition coefficient (Wildman–Crippen LogP) is 3.79. The van der Waals surface area contributed by atoms with E-state index in [1.54, 1.807) is 0 Å². The fourth-order valence-corrected chi connectivity index (χ4v) is 2.45. The highest BCUT2D eigenvalue weighted by Crippen LogP contribution is 2.21. The van der Waals surface area contributed by atoms with Gasteiger partial charge in [-0.25, -0.2) is 0 Å². The van der Waals surface area contributed by atoms with Crippen LogP contribution in [0.5, 0.6) is 5.75 Å². The zero-order valence-electron chi connectivity index (χ0n) is 13.1. The highest BCUT2D eigenvalue weighted by molar-refractivity contribution is 5.54. The number of rotatable bonds is 6. The van der Waals surface area contributed by atoms with Crippen molar-refractivity contribution >= 4 is 11.4 Å². The van der Waals surface area contributed by atoms with Gasteiger partial charge in [-0.15, -0.1) is 0 Å². The van der Waals surface area contributed by atoms with E-state index in [2.05, 4.69) is 44.0 Å². The van der Waals surface area contributed by atoms with Gasteiger partial charge in [0.25, 0.3) is 0 Å². The van der Waals surface area contributed by atoms with Crippen molar-refractivity contribution in [1.82, 2.24) is 0 Å². The van der Waals surface area contributed by atoms with Crippen LogP contribution in [0, 0.1) is 13.8 Å². The quantitative estimate of drug-likeness (QED) is 0.648. The number of nitrogens with zero attached hydrogens (tertiary/aromatic N) is 1. The molecule has 0 aliphatic rings. The van der Waals surface area contributed by atoms with Crippen molar-refractivity contribution in [2.45, 2.75) is 20.3 Å². The number of hydrogen-bond acceptors (Lipinski definition) is 3. The van der Waals surface area contributed by atoms with Gasteiger partial charge in [0.05, 0.1) is 12.3 Å². The standard InChI is InChI=1S/C18H24N2O/c1-14-9-10-17(15(2)13-14)20(3)11-6-12-21-18-8-5-4-7-16(18)19/h4-5,7-10,13H,6,11-12,19H2,1-3H3. The van der Waals surface area contributed by atoms with Gasteiger partial charge in [-0.3, -0.25) is 0 Å². The van der Waals surface area contributed by atoms with Gasteiger partial charge in [0.2, 0.25) is 0 Å². The van der Waals surface area contributed by atoms with Crippen molar-refractivity contribution < 1.29 is 4.74 Å². The molecule has 3 nitrogen and oxygen atoms in total. The minimum Gasteiger partial charge on any atom is -0.491 e. The maximum atomic E-state index is 5.85. The molecule has 0 aliphatic carbocycles. The third kappa shape index (κ3) is 4.15. The van der Waals surface area contributed by atoms with Crippen LogP contribution in [0.4, 0.5) is 11.4 Å². The molecule has 0 spiro atoms. The number of ether oxygens (including phenoxy) is 1. The molecule has 0 heterocycles. The molecule has 0 radical (unpaired) electrons. The molecule has 0 saturated carbocycles. The summed E-state index contributed by atoms with van der Waals surface area (Å²) in [6, 6.07) is 14.2. The Bertz CT molecular complexity index is 596. The average Bonchev–Trinajstić information content (AvgIpc) is 2.45. The monoisotopic (exact) mass is 284 g/mol. The second-order valence-electron chi connectivity index (χ2n) is 5.45. The van der Waals surface area contributed by atoms with E-state index in [9.17, 15) is 0 Å². The summed E-state index contributed by atoms with van der Waals surface area (Å²) in [6.45, 7) is 5.90. The minimum absolute atomic E-state index is 0.670. The zero-order chi connectivity index (χ0) is 15.2. The fourth-order valence-electron chi connectivity index (χ4n) is 2.45. The number of anilines is 2. The molecule has 21 heavy (non-hydrogen) atoms. The molecule has 0 bridgehead atoms. The number of benzene rings is 2. The highest BCUT2D eigenvalue weighted by Gasteiger charge is 2.05. The van der Waals surface area contributed by atoms with E-state index < -0.39 is 0 Å². The lowest BCUT2D eigenvalue weighted by atomic mass is 10.1. The molecule has 112 valence electrons. The van der Waals surface area contributed by atoms with Gasteiger partial charge in [0, 0.05) is 19.3 Å². The summed E-state index contributed by atoms with van der Waals surface area (Å²) in [6.07, 6.45) is 0.956. The molecular formula is C18H24N2O. The molecular weight excluding hydrogens is 260 g/mol. The van der Waals surface area contributed by atoms with Crippen LogP contribution < -0.4 is 15.4 Å². The summed E-state index contributed by atoms with van der Waals surface area (Å²) in [5.74, 6) is 0.770. The Labute approximate surface area is 127 Å². The van der Waals surface area contributed by atoms with Crippen molar-refractivity contribution in [2.24, 2.45) is 0 Å². The number of nitrogens with two attached hydrogens (primary N) is 1. The van der Waals surface area contributed by atoms with Crippen molar-refractivity contribution in [3.63, 3.8) is 0 Å². The fraction of sp³-hybridized carbons (Fsp3) is 0.333. The molecule has 0 aromatic heterocycles. The summed E-state index contributed by atoms with van der Waals surface area (Å²) in [4.78, 5) is 2.27. The van der Waals surface area contributed by atoms with Crippen LogP contribution in [0.15, 0.2) is 42.5 Å². The highest BCUT2D eigenvalue weighted by atomic mass is 16.5. The summed E-state index contributed by atoms with van der Waals surface area (Å²) in [7, 11) is 2.12. The Kier molecular flexibility index (Phi) is 5.09. The van der Waals surface area contributed by atoms with Crippen molar-refractivity contribution in [1.29, 1.82) is 0 Å². The largest absolute Gasteiger partial charge is 0.491 e. The van der Waals surface area contributed by atoms with Crippen molar-refractivity contribution in [3.05, 3.63) is 53.6 Å². The van der Waals surface area contributed by atoms with E-state index in [1.165, 1.54) is 16.8 Å². The first-order valence-corrected chi connectivity index (χ1v) is 7.33. The van der Waals surface area contributed by atoms with Crippen LogP contribution in [-0.2, 0) is 0 Å². The molecule has 0 atom stereocenters. The molecule has 3 heteroatoms. The second-order valence-corrected chi connectivity index (χ2v) is 5.45. The lowest BCUT2D eigenvalue weighted by Crippen LogP contribution is -2.21. The average molecular weight is 284 g/mol. The minimum atomic E-state index is 0.670. The van der Waals surface area contributed by atoms with E-state index in [-0.39, 0.29) is 0 Å². The van der Waals surface area contributed by atoms with Gasteiger partial charge in [-0.2, -0.15) is 0 Å². The Morgan fingerprint density at radius 1 is 1.10 bits per heavy atom. The Morgan fingerprint density at radius 2 is 1.86 bits per heavy atom. The van der Waals surface area contributed by atoms with E-state index in [4.69, 9.17) is 10.5 Å². The molecule has 0 amide bonds. The number of para-hydroxylation sites is 2. The molecule has 0 saturated heterocycles. The summed E-state index contributed by atoms with van der Waals surface area (Å²) in [5.41, 5.74) is 10.4. The summed E-state index contributed by atoms with van der Waals surface area (Å²) in [5, 5.41) is 0. The molecule has 2 N–H and O–H groups in total. The van der Waals surface area contributed by atoms with E-state index >= 15 is 0 Å². The maximum absolute atomic E-state index is 5.85. The van der Waals surface area contributed by atoms with Gasteiger partial charge in [-0.05, 0) is 44.0 Å². The Balaban J connectivity index is 1.82. The van der Waals surface area contributed by atoms with E-state index in [1.807, 2.05) is 24.3 Å². The molecule has 0 aliphatic heterocycles. The summed E-state index contributed by atoms with van der Waals surface area (Å²) >= 11 is 0. The lowest BCUT2D eigenvalue weighted by molar-refractivity contribution is 0.314. The number of aryl methyl sites for hydroxylation is 2. The number of nitrogen functional groups attached to an aromatic ring is 1. The first kappa shape index (κ1) is 15.2. The van der Waals surface area contributed by atoms with Gasteiger partial charge < -0.3 is 15.4 Å². The van der Waals surface area contributed by atoms with Gasteiger partial charge in [0.1, 0.15) is 5.75 Å². The van der Waals surface area contributed by atoms with Crippen LogP contribution in [0.25, 0.3) is 0 Å². The topological polar surface area (TPSA) is 38.5 Å². The van der Waals surface area contributed by atoms with Gasteiger partial charge in [-0.1, -0.05) is 29.8 Å². The third-order valence-corrected chi connectivity index (χ3v) is 3.58. The smallest absolute Gasteiger partial charge is 0.142 e. The number of hydrogen-bond donors (Lipinski definition) is 1. The van der Waals surface area contributed by atoms with Crippen LogP contribution >= 0.6 is 0 Å². The van der Waals surface area contributed by atoms with E-state index in [0.29, 0.717) is 12.3 Å². The second kappa shape index (κ2) is 7.02. The lowest BCUT2D eigenvalue weighted by Gasteiger charge is -2.22. The van der Waals surface area contributed by atoms with Gasteiger partial charge in [0.15, 0.2) is 0 Å². The first-order valence-electron chi connectivity index (χ1n) is 7.33. The Hall–Kier alpha value is -2.16. The van der Waals surface area contributed by atoms with Crippen LogP contribution in [0.3, 0.4) is 0 Å². The predicted molar refractivity (Wildman–Crippen MR) is 90.2 cm³/mol. The SMILES string of the molecule is Cc1ccc(N(C)CCCOc2ccccc2N)c(C)c1. The molecule has 0 fully saturated rings. The summed E-state index contributed by atoms with van der Waals surface area (Å²) < 4.78 is 5.72. The van der Waals surface area contributed by atoms with Crippen molar-refractivity contribution in [2.75, 3.05) is 30.8 Å². The Morgan fingerprint density at radius 3 is 2.57 bits per heavy atom. The molecule has 2 aromatic rings. The van der Waals surface area contributed by atoms with Gasteiger partial charge >= 0.3 is 0 Å². The van der Waals surface area contributed by atoms with Crippen LogP contribution in [0.2, 0.25) is 0 Å². The first-order chi connectivity index (χ1) is 10.1. The molecule has 2 aromatic carbocycles. The molecule has 0 unspecified atom stereocenters.